The molecule has 0 spiro atoms. The van der Waals surface area contributed by atoms with Crippen molar-refractivity contribution in [3.63, 3.8) is 0 Å². The van der Waals surface area contributed by atoms with Crippen LogP contribution in [0.15, 0.2) is 12.2 Å². The minimum atomic E-state index is -0.798. The van der Waals surface area contributed by atoms with Crippen molar-refractivity contribution < 1.29 is 9.90 Å². The quantitative estimate of drug-likeness (QED) is 0.523. The number of allylic oxidation sites excluding steroid dienone is 1. The molecule has 3 atom stereocenters. The molecule has 1 N–H and O–H groups in total. The Bertz CT molecular complexity index is 218. The fraction of sp³-hybridized carbons (Fsp3) is 0.727. The first kappa shape index (κ1) is 10.5. The third-order valence-electron chi connectivity index (χ3n) is 3.20. The molecule has 0 heterocycles. The predicted molar refractivity (Wildman–Crippen MR) is 52.3 cm³/mol. The summed E-state index contributed by atoms with van der Waals surface area (Å²) in [6, 6.07) is 0. The maximum absolute atomic E-state index is 10.8. The van der Waals surface area contributed by atoms with E-state index in [-0.39, 0.29) is 5.92 Å². The Labute approximate surface area is 79.6 Å². The maximum atomic E-state index is 10.8. The van der Waals surface area contributed by atoms with Gasteiger partial charge in [0.1, 0.15) is 6.29 Å². The fourth-order valence-corrected chi connectivity index (χ4v) is 1.98. The SMILES string of the molecule is C=C(C)C1CCC(C)(O)C(C=O)C1. The van der Waals surface area contributed by atoms with Crippen molar-refractivity contribution in [3.05, 3.63) is 12.2 Å². The number of hydrogen-bond donors (Lipinski definition) is 1. The van der Waals surface area contributed by atoms with Crippen LogP contribution < -0.4 is 0 Å². The molecule has 74 valence electrons. The van der Waals surface area contributed by atoms with E-state index in [9.17, 15) is 9.90 Å². The Balaban J connectivity index is 2.68. The average molecular weight is 182 g/mol. The van der Waals surface area contributed by atoms with Crippen molar-refractivity contribution in [1.82, 2.24) is 0 Å². The lowest BCUT2D eigenvalue weighted by Crippen LogP contribution is -2.41. The van der Waals surface area contributed by atoms with Crippen LogP contribution in [0.25, 0.3) is 0 Å². The second-order valence-electron chi connectivity index (χ2n) is 4.42. The molecule has 0 aromatic carbocycles. The van der Waals surface area contributed by atoms with E-state index in [1.807, 2.05) is 6.92 Å². The van der Waals surface area contributed by atoms with Crippen LogP contribution in [0.1, 0.15) is 33.1 Å². The highest BCUT2D eigenvalue weighted by molar-refractivity contribution is 5.56. The van der Waals surface area contributed by atoms with Crippen molar-refractivity contribution >= 4 is 6.29 Å². The topological polar surface area (TPSA) is 37.3 Å². The third-order valence-corrected chi connectivity index (χ3v) is 3.20. The summed E-state index contributed by atoms with van der Waals surface area (Å²) in [4.78, 5) is 10.8. The van der Waals surface area contributed by atoms with E-state index in [1.54, 1.807) is 6.92 Å². The van der Waals surface area contributed by atoms with Gasteiger partial charge in [0, 0.05) is 5.92 Å². The Hall–Kier alpha value is -0.630. The molecule has 13 heavy (non-hydrogen) atoms. The number of carbonyl (C=O) groups is 1. The van der Waals surface area contributed by atoms with Crippen LogP contribution in [-0.4, -0.2) is 17.0 Å². The summed E-state index contributed by atoms with van der Waals surface area (Å²) in [5.74, 6) is 0.193. The number of rotatable bonds is 2. The number of aliphatic hydroxyl groups is 1. The van der Waals surface area contributed by atoms with Gasteiger partial charge < -0.3 is 9.90 Å². The summed E-state index contributed by atoms with van der Waals surface area (Å²) < 4.78 is 0. The standard InChI is InChI=1S/C11H18O2/c1-8(2)9-4-5-11(3,13)10(6-9)7-12/h7,9-10,13H,1,4-6H2,2-3H3. The van der Waals surface area contributed by atoms with E-state index in [0.29, 0.717) is 12.3 Å². The van der Waals surface area contributed by atoms with E-state index in [1.165, 1.54) is 0 Å². The van der Waals surface area contributed by atoms with Crippen LogP contribution in [0.4, 0.5) is 0 Å². The Morgan fingerprint density at radius 1 is 1.69 bits per heavy atom. The minimum absolute atomic E-state index is 0.219. The first-order chi connectivity index (χ1) is 5.97. The zero-order valence-corrected chi connectivity index (χ0v) is 8.42. The summed E-state index contributed by atoms with van der Waals surface area (Å²) in [5.41, 5.74) is 0.329. The van der Waals surface area contributed by atoms with E-state index in [0.717, 1.165) is 24.7 Å². The number of carbonyl (C=O) groups excluding carboxylic acids is 1. The molecule has 3 unspecified atom stereocenters. The Morgan fingerprint density at radius 2 is 2.31 bits per heavy atom. The van der Waals surface area contributed by atoms with Crippen LogP contribution in [0.2, 0.25) is 0 Å². The smallest absolute Gasteiger partial charge is 0.125 e. The first-order valence-electron chi connectivity index (χ1n) is 4.80. The van der Waals surface area contributed by atoms with Gasteiger partial charge in [-0.3, -0.25) is 0 Å². The van der Waals surface area contributed by atoms with Gasteiger partial charge in [0.15, 0.2) is 0 Å². The predicted octanol–water partition coefficient (Wildman–Crippen LogP) is 1.93. The highest BCUT2D eigenvalue weighted by Gasteiger charge is 2.38. The van der Waals surface area contributed by atoms with Crippen molar-refractivity contribution in [1.29, 1.82) is 0 Å². The van der Waals surface area contributed by atoms with Crippen molar-refractivity contribution in [3.8, 4) is 0 Å². The third kappa shape index (κ3) is 2.19. The monoisotopic (exact) mass is 182 g/mol. The summed E-state index contributed by atoms with van der Waals surface area (Å²) in [6.07, 6.45) is 3.29. The molecule has 1 saturated carbocycles. The van der Waals surface area contributed by atoms with Gasteiger partial charge in [0.05, 0.1) is 5.60 Å². The molecule has 1 rings (SSSR count). The summed E-state index contributed by atoms with van der Waals surface area (Å²) >= 11 is 0. The highest BCUT2D eigenvalue weighted by atomic mass is 16.3. The molecule has 1 aliphatic carbocycles. The zero-order valence-electron chi connectivity index (χ0n) is 8.42. The molecule has 0 radical (unpaired) electrons. The lowest BCUT2D eigenvalue weighted by Gasteiger charge is -2.38. The summed E-state index contributed by atoms with van der Waals surface area (Å²) in [6.45, 7) is 7.64. The van der Waals surface area contributed by atoms with Crippen LogP contribution in [0.5, 0.6) is 0 Å². The van der Waals surface area contributed by atoms with Gasteiger partial charge in [-0.25, -0.2) is 0 Å². The van der Waals surface area contributed by atoms with Crippen LogP contribution in [-0.2, 0) is 4.79 Å². The molecular weight excluding hydrogens is 164 g/mol. The number of aldehydes is 1. The molecule has 1 fully saturated rings. The summed E-state index contributed by atoms with van der Waals surface area (Å²) in [5, 5.41) is 9.87. The molecular formula is C11H18O2. The van der Waals surface area contributed by atoms with Crippen LogP contribution >= 0.6 is 0 Å². The average Bonchev–Trinajstić information content (AvgIpc) is 2.03. The molecule has 0 amide bonds. The molecule has 0 aromatic heterocycles. The second-order valence-corrected chi connectivity index (χ2v) is 4.42. The minimum Gasteiger partial charge on any atom is -0.389 e. The van der Waals surface area contributed by atoms with Gasteiger partial charge >= 0.3 is 0 Å². The van der Waals surface area contributed by atoms with E-state index >= 15 is 0 Å². The van der Waals surface area contributed by atoms with Crippen molar-refractivity contribution in [2.24, 2.45) is 11.8 Å². The molecule has 0 saturated heterocycles. The van der Waals surface area contributed by atoms with Gasteiger partial charge in [0.25, 0.3) is 0 Å². The van der Waals surface area contributed by atoms with E-state index < -0.39 is 5.60 Å². The summed E-state index contributed by atoms with van der Waals surface area (Å²) in [7, 11) is 0. The molecule has 0 bridgehead atoms. The highest BCUT2D eigenvalue weighted by Crippen LogP contribution is 2.38. The number of hydrogen-bond acceptors (Lipinski definition) is 2. The van der Waals surface area contributed by atoms with Crippen molar-refractivity contribution in [2.75, 3.05) is 0 Å². The Kier molecular flexibility index (Phi) is 2.91. The zero-order chi connectivity index (χ0) is 10.1. The molecule has 0 aromatic rings. The van der Waals surface area contributed by atoms with Crippen LogP contribution in [0.3, 0.4) is 0 Å². The Morgan fingerprint density at radius 3 is 2.77 bits per heavy atom. The van der Waals surface area contributed by atoms with Gasteiger partial charge in [-0.05, 0) is 39.0 Å². The first-order valence-corrected chi connectivity index (χ1v) is 4.80. The van der Waals surface area contributed by atoms with Crippen molar-refractivity contribution in [2.45, 2.75) is 38.7 Å². The lowest BCUT2D eigenvalue weighted by molar-refractivity contribution is -0.123. The van der Waals surface area contributed by atoms with E-state index in [4.69, 9.17) is 0 Å². The lowest BCUT2D eigenvalue weighted by atomic mass is 9.71. The molecule has 0 aliphatic heterocycles. The molecule has 1 aliphatic rings. The maximum Gasteiger partial charge on any atom is 0.125 e. The fourth-order valence-electron chi connectivity index (χ4n) is 1.98. The molecule has 2 heteroatoms. The normalized spacial score (nSPS) is 39.9. The van der Waals surface area contributed by atoms with Gasteiger partial charge in [-0.1, -0.05) is 12.2 Å². The van der Waals surface area contributed by atoms with Gasteiger partial charge in [-0.15, -0.1) is 0 Å². The molecule has 2 nitrogen and oxygen atoms in total. The van der Waals surface area contributed by atoms with Gasteiger partial charge in [0.2, 0.25) is 0 Å². The largest absolute Gasteiger partial charge is 0.389 e. The second kappa shape index (κ2) is 3.62. The van der Waals surface area contributed by atoms with E-state index in [2.05, 4.69) is 6.58 Å². The van der Waals surface area contributed by atoms with Gasteiger partial charge in [-0.2, -0.15) is 0 Å². The van der Waals surface area contributed by atoms with Crippen LogP contribution in [0, 0.1) is 11.8 Å².